The first kappa shape index (κ1) is 26.7. The van der Waals surface area contributed by atoms with E-state index in [1.165, 1.54) is 6.42 Å². The van der Waals surface area contributed by atoms with Gasteiger partial charge in [-0.05, 0) is 54.6 Å². The van der Waals surface area contributed by atoms with Crippen LogP contribution in [-0.2, 0) is 22.7 Å². The lowest BCUT2D eigenvalue weighted by atomic mass is 9.94. The van der Waals surface area contributed by atoms with E-state index in [-0.39, 0.29) is 30.9 Å². The summed E-state index contributed by atoms with van der Waals surface area (Å²) >= 11 is 1.54. The second kappa shape index (κ2) is 12.3. The third kappa shape index (κ3) is 6.06. The molecule has 10 heteroatoms. The van der Waals surface area contributed by atoms with Gasteiger partial charge in [-0.1, -0.05) is 42.7 Å². The number of methoxy groups -OCH3 is 2. The van der Waals surface area contributed by atoms with Gasteiger partial charge < -0.3 is 19.7 Å². The van der Waals surface area contributed by atoms with Crippen LogP contribution in [0.2, 0.25) is 0 Å². The van der Waals surface area contributed by atoms with E-state index in [4.69, 9.17) is 9.47 Å². The molecule has 1 atom stereocenters. The fourth-order valence-electron chi connectivity index (χ4n) is 5.18. The molecule has 1 aliphatic carbocycles. The zero-order valence-electron chi connectivity index (χ0n) is 22.2. The van der Waals surface area contributed by atoms with Crippen LogP contribution in [0.1, 0.15) is 48.6 Å². The van der Waals surface area contributed by atoms with Crippen LogP contribution in [0, 0.1) is 0 Å². The van der Waals surface area contributed by atoms with Crippen LogP contribution >= 0.6 is 11.3 Å². The van der Waals surface area contributed by atoms with Crippen molar-refractivity contribution in [1.29, 1.82) is 0 Å². The SMILES string of the molecule is COc1ccc(OC)c([C@@H](C(=O)NC2CCCCC2)N(Cc2cccs2)C(=O)Cn2nnc3ccccc32)c1. The smallest absolute Gasteiger partial charge is 0.247 e. The van der Waals surface area contributed by atoms with Gasteiger partial charge in [-0.3, -0.25) is 9.59 Å². The van der Waals surface area contributed by atoms with Gasteiger partial charge in [-0.25, -0.2) is 4.68 Å². The number of fused-ring (bicyclic) bond motifs is 1. The number of benzene rings is 2. The van der Waals surface area contributed by atoms with Gasteiger partial charge in [-0.2, -0.15) is 0 Å². The maximum atomic E-state index is 14.1. The Morgan fingerprint density at radius 2 is 1.90 bits per heavy atom. The molecule has 39 heavy (non-hydrogen) atoms. The van der Waals surface area contributed by atoms with E-state index in [9.17, 15) is 9.59 Å². The van der Waals surface area contributed by atoms with Crippen LogP contribution in [-0.4, -0.2) is 52.0 Å². The molecule has 0 bridgehead atoms. The van der Waals surface area contributed by atoms with Crippen molar-refractivity contribution in [3.63, 3.8) is 0 Å². The molecule has 0 saturated heterocycles. The Labute approximate surface area is 231 Å². The van der Waals surface area contributed by atoms with Crippen LogP contribution in [0.4, 0.5) is 0 Å². The number of aromatic nitrogens is 3. The molecule has 0 unspecified atom stereocenters. The number of ether oxygens (including phenoxy) is 2. The van der Waals surface area contributed by atoms with Crippen molar-refractivity contribution in [2.24, 2.45) is 0 Å². The average Bonchev–Trinajstić information content (AvgIpc) is 3.63. The molecule has 1 N–H and O–H groups in total. The van der Waals surface area contributed by atoms with Crippen LogP contribution in [0.5, 0.6) is 11.5 Å². The summed E-state index contributed by atoms with van der Waals surface area (Å²) in [5.74, 6) is 0.594. The van der Waals surface area contributed by atoms with Crippen molar-refractivity contribution < 1.29 is 19.1 Å². The van der Waals surface area contributed by atoms with E-state index < -0.39 is 6.04 Å². The van der Waals surface area contributed by atoms with Gasteiger partial charge in [0.25, 0.3) is 0 Å². The lowest BCUT2D eigenvalue weighted by Crippen LogP contribution is -2.47. The molecule has 4 aromatic rings. The zero-order valence-corrected chi connectivity index (χ0v) is 23.0. The second-order valence-corrected chi connectivity index (χ2v) is 10.7. The van der Waals surface area contributed by atoms with Gasteiger partial charge in [0.05, 0.1) is 26.3 Å². The van der Waals surface area contributed by atoms with Crippen LogP contribution in [0.15, 0.2) is 60.0 Å². The number of hydrogen-bond donors (Lipinski definition) is 1. The minimum atomic E-state index is -0.943. The number of thiophene rings is 1. The van der Waals surface area contributed by atoms with E-state index in [1.54, 1.807) is 53.3 Å². The highest BCUT2D eigenvalue weighted by Crippen LogP contribution is 2.35. The van der Waals surface area contributed by atoms with E-state index in [2.05, 4.69) is 15.6 Å². The number of nitrogens with one attached hydrogen (secondary N) is 1. The molecule has 2 aromatic carbocycles. The summed E-state index contributed by atoms with van der Waals surface area (Å²) in [6.07, 6.45) is 5.19. The predicted molar refractivity (Wildman–Crippen MR) is 150 cm³/mol. The van der Waals surface area contributed by atoms with Crippen molar-refractivity contribution in [2.45, 2.75) is 57.3 Å². The molecule has 0 aliphatic heterocycles. The van der Waals surface area contributed by atoms with Crippen LogP contribution in [0.3, 0.4) is 0 Å². The Kier molecular flexibility index (Phi) is 8.41. The Hall–Kier alpha value is -3.92. The van der Waals surface area contributed by atoms with Gasteiger partial charge >= 0.3 is 0 Å². The van der Waals surface area contributed by atoms with Crippen molar-refractivity contribution in [3.8, 4) is 11.5 Å². The van der Waals surface area contributed by atoms with Gasteiger partial charge in [-0.15, -0.1) is 16.4 Å². The highest BCUT2D eigenvalue weighted by molar-refractivity contribution is 7.09. The first-order valence-corrected chi connectivity index (χ1v) is 14.1. The van der Waals surface area contributed by atoms with Gasteiger partial charge in [0.15, 0.2) is 0 Å². The third-order valence-electron chi connectivity index (χ3n) is 7.17. The average molecular weight is 548 g/mol. The van der Waals surface area contributed by atoms with Gasteiger partial charge in [0.1, 0.15) is 29.6 Å². The number of para-hydroxylation sites is 1. The van der Waals surface area contributed by atoms with Crippen molar-refractivity contribution >= 4 is 34.2 Å². The molecule has 0 spiro atoms. The first-order chi connectivity index (χ1) is 19.1. The number of carbonyl (C=O) groups is 2. The summed E-state index contributed by atoms with van der Waals surface area (Å²) in [6.45, 7) is 0.192. The molecule has 1 fully saturated rings. The molecule has 5 rings (SSSR count). The predicted octanol–water partition coefficient (Wildman–Crippen LogP) is 4.73. The molecule has 0 radical (unpaired) electrons. The monoisotopic (exact) mass is 547 g/mol. The molecular weight excluding hydrogens is 514 g/mol. The van der Waals surface area contributed by atoms with Gasteiger partial charge in [0.2, 0.25) is 11.8 Å². The number of nitrogens with zero attached hydrogens (tertiary/aromatic N) is 4. The minimum absolute atomic E-state index is 0.0641. The number of amides is 2. The quantitative estimate of drug-likeness (QED) is 0.308. The lowest BCUT2D eigenvalue weighted by Gasteiger charge is -2.34. The van der Waals surface area contributed by atoms with Crippen LogP contribution in [0.25, 0.3) is 11.0 Å². The summed E-state index contributed by atoms with van der Waals surface area (Å²) in [5.41, 5.74) is 2.03. The van der Waals surface area contributed by atoms with E-state index >= 15 is 0 Å². The highest BCUT2D eigenvalue weighted by atomic mass is 32.1. The standard InChI is InChI=1S/C29H33N5O4S/c1-37-21-14-15-26(38-2)23(17-21)28(29(36)30-20-9-4-3-5-10-20)33(18-22-11-8-16-39-22)27(35)19-34-25-13-7-6-12-24(25)31-32-34/h6-8,11-17,20,28H,3-5,9-10,18-19H2,1-2H3,(H,30,36)/t28-/m0/s1. The number of rotatable bonds is 10. The zero-order chi connectivity index (χ0) is 27.2. The molecule has 1 saturated carbocycles. The molecular formula is C29H33N5O4S. The van der Waals surface area contributed by atoms with Crippen LogP contribution < -0.4 is 14.8 Å². The molecule has 9 nitrogen and oxygen atoms in total. The molecule has 2 aromatic heterocycles. The Bertz CT molecular complexity index is 1410. The van der Waals surface area contributed by atoms with E-state index in [0.29, 0.717) is 22.6 Å². The summed E-state index contributed by atoms with van der Waals surface area (Å²) < 4.78 is 12.8. The summed E-state index contributed by atoms with van der Waals surface area (Å²) in [4.78, 5) is 30.9. The molecule has 2 amide bonds. The molecule has 204 valence electrons. The fraction of sp³-hybridized carbons (Fsp3) is 0.379. The summed E-state index contributed by atoms with van der Waals surface area (Å²) in [6, 6.07) is 15.9. The topological polar surface area (TPSA) is 98.6 Å². The van der Waals surface area contributed by atoms with Gasteiger partial charge in [0, 0.05) is 16.5 Å². The number of hydrogen-bond acceptors (Lipinski definition) is 7. The van der Waals surface area contributed by atoms with Crippen molar-refractivity contribution in [3.05, 3.63) is 70.4 Å². The molecule has 1 aliphatic rings. The Balaban J connectivity index is 1.56. The van der Waals surface area contributed by atoms with E-state index in [0.717, 1.165) is 36.1 Å². The number of carbonyl (C=O) groups excluding carboxylic acids is 2. The normalized spacial score (nSPS) is 14.6. The second-order valence-electron chi connectivity index (χ2n) is 9.69. The van der Waals surface area contributed by atoms with Crippen molar-refractivity contribution in [1.82, 2.24) is 25.2 Å². The lowest BCUT2D eigenvalue weighted by molar-refractivity contribution is -0.142. The summed E-state index contributed by atoms with van der Waals surface area (Å²) in [7, 11) is 3.14. The third-order valence-corrected chi connectivity index (χ3v) is 8.04. The maximum Gasteiger partial charge on any atom is 0.247 e. The highest BCUT2D eigenvalue weighted by Gasteiger charge is 2.36. The largest absolute Gasteiger partial charge is 0.497 e. The molecule has 2 heterocycles. The fourth-order valence-corrected chi connectivity index (χ4v) is 5.88. The Morgan fingerprint density at radius 3 is 2.64 bits per heavy atom. The minimum Gasteiger partial charge on any atom is -0.497 e. The summed E-state index contributed by atoms with van der Waals surface area (Å²) in [5, 5.41) is 13.6. The van der Waals surface area contributed by atoms with Crippen molar-refractivity contribution in [2.75, 3.05) is 14.2 Å². The first-order valence-electron chi connectivity index (χ1n) is 13.2. The maximum absolute atomic E-state index is 14.1. The Morgan fingerprint density at radius 1 is 1.08 bits per heavy atom. The van der Waals surface area contributed by atoms with E-state index in [1.807, 2.05) is 41.8 Å².